The number of halogens is 3. The van der Waals surface area contributed by atoms with Gasteiger partial charge in [0.2, 0.25) is 0 Å². The van der Waals surface area contributed by atoms with E-state index in [1.54, 1.807) is 6.07 Å². The van der Waals surface area contributed by atoms with Gasteiger partial charge < -0.3 is 4.90 Å². The zero-order chi connectivity index (χ0) is 17.6. The Balaban J connectivity index is 1.82. The van der Waals surface area contributed by atoms with E-state index in [-0.39, 0.29) is 5.92 Å². The first-order chi connectivity index (χ1) is 11.9. The van der Waals surface area contributed by atoms with Crippen LogP contribution in [0.4, 0.5) is 18.9 Å². The summed E-state index contributed by atoms with van der Waals surface area (Å²) in [7, 11) is 0. The van der Waals surface area contributed by atoms with Crippen molar-refractivity contribution in [3.63, 3.8) is 0 Å². The van der Waals surface area contributed by atoms with Gasteiger partial charge in [0, 0.05) is 24.7 Å². The first kappa shape index (κ1) is 16.0. The van der Waals surface area contributed by atoms with Gasteiger partial charge >= 0.3 is 6.18 Å². The molecule has 3 aromatic carbocycles. The standard InChI is InChI=1S/C21H18F3N/c1-14-12-25(13-15-6-3-2-4-7-15)19-11-10-16-17(20(14)19)8-5-9-18(16)21(22,23)24/h2-11,14H,12-13H2,1H3. The van der Waals surface area contributed by atoms with Crippen LogP contribution < -0.4 is 4.90 Å². The van der Waals surface area contributed by atoms with Crippen molar-refractivity contribution >= 4 is 16.5 Å². The highest BCUT2D eigenvalue weighted by Gasteiger charge is 2.34. The number of benzene rings is 3. The summed E-state index contributed by atoms with van der Waals surface area (Å²) in [4.78, 5) is 2.26. The molecule has 1 nitrogen and oxygen atoms in total. The number of alkyl halides is 3. The molecule has 0 radical (unpaired) electrons. The maximum atomic E-state index is 13.3. The van der Waals surface area contributed by atoms with Crippen LogP contribution in [0, 0.1) is 0 Å². The Morgan fingerprint density at radius 2 is 1.68 bits per heavy atom. The molecule has 1 heterocycles. The third-order valence-corrected chi connectivity index (χ3v) is 4.93. The number of hydrogen-bond acceptors (Lipinski definition) is 1. The SMILES string of the molecule is CC1CN(Cc2ccccc2)c2ccc3c(C(F)(F)F)cccc3c21. The molecule has 1 unspecified atom stereocenters. The molecular formula is C21H18F3N. The van der Waals surface area contributed by atoms with E-state index in [1.165, 1.54) is 11.6 Å². The zero-order valence-electron chi connectivity index (χ0n) is 13.8. The van der Waals surface area contributed by atoms with Crippen LogP contribution in [-0.4, -0.2) is 6.54 Å². The average Bonchev–Trinajstić information content (AvgIpc) is 2.90. The minimum absolute atomic E-state index is 0.200. The van der Waals surface area contributed by atoms with Crippen molar-refractivity contribution in [2.75, 3.05) is 11.4 Å². The molecule has 1 aliphatic rings. The number of fused-ring (bicyclic) bond motifs is 3. The van der Waals surface area contributed by atoms with Crippen molar-refractivity contribution < 1.29 is 13.2 Å². The number of hydrogen-bond donors (Lipinski definition) is 0. The van der Waals surface area contributed by atoms with Crippen LogP contribution in [0.15, 0.2) is 60.7 Å². The van der Waals surface area contributed by atoms with Crippen LogP contribution in [0.5, 0.6) is 0 Å². The topological polar surface area (TPSA) is 3.24 Å². The summed E-state index contributed by atoms with van der Waals surface area (Å²) in [5.74, 6) is 0.200. The molecule has 0 spiro atoms. The molecule has 0 saturated heterocycles. The van der Waals surface area contributed by atoms with Gasteiger partial charge in [-0.25, -0.2) is 0 Å². The summed E-state index contributed by atoms with van der Waals surface area (Å²) in [6.07, 6.45) is -4.33. The predicted octanol–water partition coefficient (Wildman–Crippen LogP) is 5.98. The van der Waals surface area contributed by atoms with E-state index in [0.717, 1.165) is 35.8 Å². The van der Waals surface area contributed by atoms with Crippen LogP contribution in [-0.2, 0) is 12.7 Å². The van der Waals surface area contributed by atoms with Crippen LogP contribution in [0.3, 0.4) is 0 Å². The molecule has 128 valence electrons. The summed E-state index contributed by atoms with van der Waals surface area (Å²) >= 11 is 0. The highest BCUT2D eigenvalue weighted by Crippen LogP contribution is 2.44. The fourth-order valence-electron chi connectivity index (χ4n) is 3.88. The van der Waals surface area contributed by atoms with E-state index in [2.05, 4.69) is 24.0 Å². The van der Waals surface area contributed by atoms with Gasteiger partial charge in [0.1, 0.15) is 0 Å². The molecule has 4 heteroatoms. The van der Waals surface area contributed by atoms with Gasteiger partial charge in [-0.1, -0.05) is 55.5 Å². The van der Waals surface area contributed by atoms with E-state index in [4.69, 9.17) is 0 Å². The fraction of sp³-hybridized carbons (Fsp3) is 0.238. The van der Waals surface area contributed by atoms with E-state index in [1.807, 2.05) is 30.3 Å². The molecule has 0 aliphatic carbocycles. The van der Waals surface area contributed by atoms with Crippen molar-refractivity contribution in [3.05, 3.63) is 77.4 Å². The Morgan fingerprint density at radius 1 is 0.920 bits per heavy atom. The third kappa shape index (κ3) is 2.76. The zero-order valence-corrected chi connectivity index (χ0v) is 13.8. The average molecular weight is 341 g/mol. The third-order valence-electron chi connectivity index (χ3n) is 4.93. The number of rotatable bonds is 2. The minimum atomic E-state index is -4.33. The Kier molecular flexibility index (Phi) is 3.71. The summed E-state index contributed by atoms with van der Waals surface area (Å²) in [6.45, 7) is 3.67. The molecule has 0 saturated carbocycles. The fourth-order valence-corrected chi connectivity index (χ4v) is 3.88. The van der Waals surface area contributed by atoms with Crippen LogP contribution in [0.2, 0.25) is 0 Å². The monoisotopic (exact) mass is 341 g/mol. The lowest BCUT2D eigenvalue weighted by Gasteiger charge is -2.20. The van der Waals surface area contributed by atoms with Gasteiger partial charge in [0.05, 0.1) is 5.56 Å². The van der Waals surface area contributed by atoms with E-state index >= 15 is 0 Å². The van der Waals surface area contributed by atoms with Gasteiger partial charge in [-0.2, -0.15) is 13.2 Å². The Morgan fingerprint density at radius 3 is 2.40 bits per heavy atom. The van der Waals surface area contributed by atoms with Crippen LogP contribution in [0.1, 0.15) is 29.5 Å². The molecule has 1 atom stereocenters. The maximum absolute atomic E-state index is 13.3. The van der Waals surface area contributed by atoms with Crippen molar-refractivity contribution in [1.82, 2.24) is 0 Å². The smallest absolute Gasteiger partial charge is 0.366 e. The Bertz CT molecular complexity index is 916. The molecule has 0 bridgehead atoms. The van der Waals surface area contributed by atoms with Gasteiger partial charge in [0.25, 0.3) is 0 Å². The van der Waals surface area contributed by atoms with Gasteiger partial charge in [-0.3, -0.25) is 0 Å². The molecule has 4 rings (SSSR count). The second kappa shape index (κ2) is 5.80. The number of nitrogens with zero attached hydrogens (tertiary/aromatic N) is 1. The van der Waals surface area contributed by atoms with Gasteiger partial charge in [-0.05, 0) is 34.0 Å². The van der Waals surface area contributed by atoms with Crippen LogP contribution in [0.25, 0.3) is 10.8 Å². The quantitative estimate of drug-likeness (QED) is 0.554. The van der Waals surface area contributed by atoms with E-state index in [0.29, 0.717) is 5.39 Å². The van der Waals surface area contributed by atoms with E-state index < -0.39 is 11.7 Å². The predicted molar refractivity (Wildman–Crippen MR) is 94.9 cm³/mol. The highest BCUT2D eigenvalue weighted by atomic mass is 19.4. The highest BCUT2D eigenvalue weighted by molar-refractivity contribution is 5.94. The van der Waals surface area contributed by atoms with Crippen molar-refractivity contribution in [2.24, 2.45) is 0 Å². The molecule has 25 heavy (non-hydrogen) atoms. The maximum Gasteiger partial charge on any atom is 0.417 e. The normalized spacial score (nSPS) is 17.1. The molecule has 0 amide bonds. The molecule has 0 aromatic heterocycles. The largest absolute Gasteiger partial charge is 0.417 e. The first-order valence-electron chi connectivity index (χ1n) is 8.37. The molecule has 0 N–H and O–H groups in total. The molecule has 1 aliphatic heterocycles. The van der Waals surface area contributed by atoms with Crippen molar-refractivity contribution in [2.45, 2.75) is 25.6 Å². The summed E-state index contributed by atoms with van der Waals surface area (Å²) in [6, 6.07) is 18.1. The molecule has 3 aromatic rings. The van der Waals surface area contributed by atoms with Crippen LogP contribution >= 0.6 is 0 Å². The van der Waals surface area contributed by atoms with Gasteiger partial charge in [-0.15, -0.1) is 0 Å². The Hall–Kier alpha value is -2.49. The Labute approximate surface area is 144 Å². The minimum Gasteiger partial charge on any atom is -0.366 e. The van der Waals surface area contributed by atoms with Gasteiger partial charge in [0.15, 0.2) is 0 Å². The van der Waals surface area contributed by atoms with Crippen molar-refractivity contribution in [1.29, 1.82) is 0 Å². The lowest BCUT2D eigenvalue weighted by atomic mass is 9.93. The molecule has 0 fully saturated rings. The lowest BCUT2D eigenvalue weighted by molar-refractivity contribution is -0.136. The first-order valence-corrected chi connectivity index (χ1v) is 8.37. The summed E-state index contributed by atoms with van der Waals surface area (Å²) < 4.78 is 40.0. The summed E-state index contributed by atoms with van der Waals surface area (Å²) in [5, 5.41) is 1.01. The number of anilines is 1. The summed E-state index contributed by atoms with van der Waals surface area (Å²) in [5.41, 5.74) is 2.72. The second-order valence-corrected chi connectivity index (χ2v) is 6.66. The second-order valence-electron chi connectivity index (χ2n) is 6.66. The lowest BCUT2D eigenvalue weighted by Crippen LogP contribution is -2.20. The molecular weight excluding hydrogens is 323 g/mol. The van der Waals surface area contributed by atoms with E-state index in [9.17, 15) is 13.2 Å². The van der Waals surface area contributed by atoms with Crippen molar-refractivity contribution in [3.8, 4) is 0 Å².